The van der Waals surface area contributed by atoms with Crippen LogP contribution in [-0.4, -0.2) is 22.9 Å². The summed E-state index contributed by atoms with van der Waals surface area (Å²) in [6.07, 6.45) is 2.28. The van der Waals surface area contributed by atoms with Gasteiger partial charge in [0.2, 0.25) is 0 Å². The summed E-state index contributed by atoms with van der Waals surface area (Å²) in [7, 11) is 1.95. The van der Waals surface area contributed by atoms with E-state index in [1.54, 1.807) is 12.1 Å². The van der Waals surface area contributed by atoms with Crippen LogP contribution in [0.4, 0.5) is 4.39 Å². The number of hydrogen-bond acceptors (Lipinski definition) is 2. The fraction of sp³-hybridized carbons (Fsp3) is 0.400. The SMILES string of the molecule is Cn1nc(C2CCNCC2)cc1-c1ccc(F)cc1. The second kappa shape index (κ2) is 5.13. The van der Waals surface area contributed by atoms with Crippen LogP contribution in [0.15, 0.2) is 30.3 Å². The zero-order valence-corrected chi connectivity index (χ0v) is 11.1. The molecular formula is C15H18FN3. The van der Waals surface area contributed by atoms with Crippen molar-refractivity contribution < 1.29 is 4.39 Å². The fourth-order valence-corrected chi connectivity index (χ4v) is 2.70. The van der Waals surface area contributed by atoms with Crippen LogP contribution in [0.2, 0.25) is 0 Å². The van der Waals surface area contributed by atoms with Gasteiger partial charge >= 0.3 is 0 Å². The Morgan fingerprint density at radius 1 is 1.21 bits per heavy atom. The Balaban J connectivity index is 1.90. The Hall–Kier alpha value is -1.68. The molecule has 1 N–H and O–H groups in total. The molecule has 0 bridgehead atoms. The maximum atomic E-state index is 13.0. The lowest BCUT2D eigenvalue weighted by molar-refractivity contribution is 0.450. The van der Waals surface area contributed by atoms with Crippen molar-refractivity contribution in [3.8, 4) is 11.3 Å². The van der Waals surface area contributed by atoms with Gasteiger partial charge < -0.3 is 5.32 Å². The molecule has 19 heavy (non-hydrogen) atoms. The van der Waals surface area contributed by atoms with Gasteiger partial charge in [0.1, 0.15) is 5.82 Å². The van der Waals surface area contributed by atoms with Crippen molar-refractivity contribution in [3.63, 3.8) is 0 Å². The number of rotatable bonds is 2. The summed E-state index contributed by atoms with van der Waals surface area (Å²) in [5.41, 5.74) is 3.22. The maximum Gasteiger partial charge on any atom is 0.123 e. The first-order chi connectivity index (χ1) is 9.24. The van der Waals surface area contributed by atoms with Crippen LogP contribution in [0, 0.1) is 5.82 Å². The van der Waals surface area contributed by atoms with Crippen LogP contribution in [-0.2, 0) is 7.05 Å². The van der Waals surface area contributed by atoms with Crippen molar-refractivity contribution in [1.29, 1.82) is 0 Å². The number of piperidine rings is 1. The molecule has 1 fully saturated rings. The molecule has 0 saturated carbocycles. The number of aryl methyl sites for hydroxylation is 1. The molecule has 2 heterocycles. The molecule has 1 saturated heterocycles. The van der Waals surface area contributed by atoms with E-state index in [1.165, 1.54) is 12.1 Å². The van der Waals surface area contributed by atoms with Gasteiger partial charge in [0.25, 0.3) is 0 Å². The van der Waals surface area contributed by atoms with Crippen LogP contribution in [0.25, 0.3) is 11.3 Å². The number of nitrogens with zero attached hydrogens (tertiary/aromatic N) is 2. The number of halogens is 1. The lowest BCUT2D eigenvalue weighted by atomic mass is 9.94. The molecule has 1 aliphatic heterocycles. The van der Waals surface area contributed by atoms with Gasteiger partial charge in [-0.1, -0.05) is 0 Å². The quantitative estimate of drug-likeness (QED) is 0.898. The molecular weight excluding hydrogens is 241 g/mol. The van der Waals surface area contributed by atoms with Gasteiger partial charge in [-0.25, -0.2) is 4.39 Å². The van der Waals surface area contributed by atoms with E-state index in [0.29, 0.717) is 5.92 Å². The Bertz CT molecular complexity index is 553. The molecule has 0 atom stereocenters. The summed E-state index contributed by atoms with van der Waals surface area (Å²) in [4.78, 5) is 0. The molecule has 2 aromatic rings. The van der Waals surface area contributed by atoms with E-state index in [1.807, 2.05) is 11.7 Å². The van der Waals surface area contributed by atoms with E-state index in [0.717, 1.165) is 42.9 Å². The first kappa shape index (κ1) is 12.4. The maximum absolute atomic E-state index is 13.0. The van der Waals surface area contributed by atoms with Crippen LogP contribution < -0.4 is 5.32 Å². The largest absolute Gasteiger partial charge is 0.317 e. The van der Waals surface area contributed by atoms with E-state index in [-0.39, 0.29) is 5.82 Å². The van der Waals surface area contributed by atoms with E-state index < -0.39 is 0 Å². The molecule has 3 nitrogen and oxygen atoms in total. The first-order valence-corrected chi connectivity index (χ1v) is 6.74. The summed E-state index contributed by atoms with van der Waals surface area (Å²) in [5.74, 6) is 0.339. The second-order valence-electron chi connectivity index (χ2n) is 5.11. The highest BCUT2D eigenvalue weighted by Gasteiger charge is 2.19. The van der Waals surface area contributed by atoms with Gasteiger partial charge in [-0.3, -0.25) is 4.68 Å². The third kappa shape index (κ3) is 2.54. The van der Waals surface area contributed by atoms with Crippen LogP contribution in [0.3, 0.4) is 0 Å². The average Bonchev–Trinajstić information content (AvgIpc) is 2.83. The lowest BCUT2D eigenvalue weighted by Crippen LogP contribution is -2.26. The van der Waals surface area contributed by atoms with Gasteiger partial charge in [-0.15, -0.1) is 0 Å². The highest BCUT2D eigenvalue weighted by molar-refractivity contribution is 5.60. The average molecular weight is 259 g/mol. The zero-order chi connectivity index (χ0) is 13.2. The molecule has 1 aromatic heterocycles. The van der Waals surface area contributed by atoms with Gasteiger partial charge in [-0.2, -0.15) is 5.10 Å². The third-order valence-corrected chi connectivity index (χ3v) is 3.80. The fourth-order valence-electron chi connectivity index (χ4n) is 2.70. The van der Waals surface area contributed by atoms with E-state index >= 15 is 0 Å². The smallest absolute Gasteiger partial charge is 0.123 e. The predicted molar refractivity (Wildman–Crippen MR) is 73.4 cm³/mol. The standard InChI is InChI=1S/C15H18FN3/c1-19-15(12-2-4-13(16)5-3-12)10-14(18-19)11-6-8-17-9-7-11/h2-5,10-11,17H,6-9H2,1H3. The summed E-state index contributed by atoms with van der Waals surface area (Å²) >= 11 is 0. The molecule has 1 aliphatic rings. The van der Waals surface area contributed by atoms with Gasteiger partial charge in [0.05, 0.1) is 11.4 Å². The van der Waals surface area contributed by atoms with Crippen molar-refractivity contribution in [1.82, 2.24) is 15.1 Å². The Labute approximate surface area is 112 Å². The molecule has 0 radical (unpaired) electrons. The van der Waals surface area contributed by atoms with Crippen LogP contribution in [0.5, 0.6) is 0 Å². The highest BCUT2D eigenvalue weighted by Crippen LogP contribution is 2.28. The number of benzene rings is 1. The molecule has 0 unspecified atom stereocenters. The van der Waals surface area contributed by atoms with Crippen molar-refractivity contribution in [2.45, 2.75) is 18.8 Å². The molecule has 1 aromatic carbocycles. The summed E-state index contributed by atoms with van der Waals surface area (Å²) in [6.45, 7) is 2.13. The Morgan fingerprint density at radius 3 is 2.58 bits per heavy atom. The topological polar surface area (TPSA) is 29.9 Å². The van der Waals surface area contributed by atoms with Crippen molar-refractivity contribution >= 4 is 0 Å². The second-order valence-corrected chi connectivity index (χ2v) is 5.11. The van der Waals surface area contributed by atoms with E-state index in [9.17, 15) is 4.39 Å². The Morgan fingerprint density at radius 2 is 1.89 bits per heavy atom. The molecule has 0 amide bonds. The van der Waals surface area contributed by atoms with Crippen LogP contribution >= 0.6 is 0 Å². The predicted octanol–water partition coefficient (Wildman–Crippen LogP) is 2.69. The molecule has 4 heteroatoms. The summed E-state index contributed by atoms with van der Waals surface area (Å²) < 4.78 is 14.9. The summed E-state index contributed by atoms with van der Waals surface area (Å²) in [6, 6.07) is 8.74. The molecule has 0 spiro atoms. The molecule has 3 rings (SSSR count). The minimum atomic E-state index is -0.204. The number of hydrogen-bond donors (Lipinski definition) is 1. The molecule has 0 aliphatic carbocycles. The van der Waals surface area contributed by atoms with Gasteiger partial charge in [0, 0.05) is 13.0 Å². The number of aromatic nitrogens is 2. The van der Waals surface area contributed by atoms with Gasteiger partial charge in [0.15, 0.2) is 0 Å². The zero-order valence-electron chi connectivity index (χ0n) is 11.1. The lowest BCUT2D eigenvalue weighted by Gasteiger charge is -2.20. The minimum Gasteiger partial charge on any atom is -0.317 e. The summed E-state index contributed by atoms with van der Waals surface area (Å²) in [5, 5.41) is 8.00. The molecule has 100 valence electrons. The van der Waals surface area contributed by atoms with Crippen molar-refractivity contribution in [2.75, 3.05) is 13.1 Å². The Kier molecular flexibility index (Phi) is 3.34. The van der Waals surface area contributed by atoms with Crippen molar-refractivity contribution in [3.05, 3.63) is 41.8 Å². The minimum absolute atomic E-state index is 0.204. The number of nitrogens with one attached hydrogen (secondary N) is 1. The monoisotopic (exact) mass is 259 g/mol. The third-order valence-electron chi connectivity index (χ3n) is 3.80. The van der Waals surface area contributed by atoms with E-state index in [4.69, 9.17) is 0 Å². The van der Waals surface area contributed by atoms with Gasteiger partial charge in [-0.05, 0) is 61.8 Å². The highest BCUT2D eigenvalue weighted by atomic mass is 19.1. The van der Waals surface area contributed by atoms with E-state index in [2.05, 4.69) is 16.5 Å². The first-order valence-electron chi connectivity index (χ1n) is 6.74. The normalized spacial score (nSPS) is 16.7. The van der Waals surface area contributed by atoms with Crippen molar-refractivity contribution in [2.24, 2.45) is 7.05 Å². The van der Waals surface area contributed by atoms with Crippen LogP contribution in [0.1, 0.15) is 24.5 Å².